The summed E-state index contributed by atoms with van der Waals surface area (Å²) in [6.07, 6.45) is 0.757. The molecule has 19 heavy (non-hydrogen) atoms. The molecule has 3 N–H and O–H groups in total. The van der Waals surface area contributed by atoms with Crippen LogP contribution in [0.1, 0.15) is 37.6 Å². The Labute approximate surface area is 117 Å². The van der Waals surface area contributed by atoms with Gasteiger partial charge in [-0.3, -0.25) is 0 Å². The number of rotatable bonds is 4. The summed E-state index contributed by atoms with van der Waals surface area (Å²) in [6.45, 7) is 5.71. The number of halogens is 1. The Kier molecular flexibility index (Phi) is 4.78. The normalized spacial score (nSPS) is 10.9. The maximum Gasteiger partial charge on any atom is 0.337 e. The van der Waals surface area contributed by atoms with Crippen molar-refractivity contribution < 1.29 is 14.7 Å². The number of carbonyl (C=O) groups is 2. The molecule has 0 aromatic heterocycles. The highest BCUT2D eigenvalue weighted by Crippen LogP contribution is 2.21. The van der Waals surface area contributed by atoms with Crippen LogP contribution in [0.15, 0.2) is 18.2 Å². The van der Waals surface area contributed by atoms with E-state index in [0.29, 0.717) is 5.02 Å². The summed E-state index contributed by atoms with van der Waals surface area (Å²) in [5.41, 5.74) is -0.196. The molecule has 6 heteroatoms. The standard InChI is InChI=1S/C13H17ClN2O3/c1-4-13(2,3)16-12(19)15-10-6-5-8(14)7-9(10)11(17)18/h5-7H,4H2,1-3H3,(H,17,18)(H2,15,16,19). The van der Waals surface area contributed by atoms with Gasteiger partial charge in [0.15, 0.2) is 0 Å². The van der Waals surface area contributed by atoms with E-state index in [1.54, 1.807) is 0 Å². The van der Waals surface area contributed by atoms with E-state index in [1.807, 2.05) is 20.8 Å². The number of carbonyl (C=O) groups excluding carboxylic acids is 1. The van der Waals surface area contributed by atoms with Crippen LogP contribution in [-0.4, -0.2) is 22.6 Å². The van der Waals surface area contributed by atoms with Crippen molar-refractivity contribution in [1.82, 2.24) is 5.32 Å². The topological polar surface area (TPSA) is 78.4 Å². The minimum atomic E-state index is -1.15. The molecule has 0 heterocycles. The molecule has 104 valence electrons. The maximum absolute atomic E-state index is 11.8. The third-order valence-corrected chi connectivity index (χ3v) is 3.03. The minimum absolute atomic E-state index is 0.0445. The van der Waals surface area contributed by atoms with Crippen LogP contribution in [0, 0.1) is 0 Å². The number of hydrogen-bond acceptors (Lipinski definition) is 2. The van der Waals surface area contributed by atoms with Crippen molar-refractivity contribution in [3.8, 4) is 0 Å². The summed E-state index contributed by atoms with van der Waals surface area (Å²) in [4.78, 5) is 22.9. The predicted molar refractivity (Wildman–Crippen MR) is 74.9 cm³/mol. The van der Waals surface area contributed by atoms with Crippen LogP contribution in [-0.2, 0) is 0 Å². The van der Waals surface area contributed by atoms with Gasteiger partial charge in [0.05, 0.1) is 11.3 Å². The van der Waals surface area contributed by atoms with Gasteiger partial charge in [-0.05, 0) is 38.5 Å². The first kappa shape index (κ1) is 15.3. The van der Waals surface area contributed by atoms with Gasteiger partial charge in [0.25, 0.3) is 0 Å². The second-order valence-corrected chi connectivity index (χ2v) is 5.25. The molecule has 0 spiro atoms. The van der Waals surface area contributed by atoms with Gasteiger partial charge in [0.1, 0.15) is 0 Å². The van der Waals surface area contributed by atoms with Gasteiger partial charge in [0, 0.05) is 10.6 Å². The van der Waals surface area contributed by atoms with Gasteiger partial charge >= 0.3 is 12.0 Å². The van der Waals surface area contributed by atoms with E-state index in [4.69, 9.17) is 16.7 Å². The first-order chi connectivity index (χ1) is 8.75. The van der Waals surface area contributed by atoms with Gasteiger partial charge in [0.2, 0.25) is 0 Å². The number of urea groups is 1. The molecule has 1 aromatic carbocycles. The van der Waals surface area contributed by atoms with Crippen molar-refractivity contribution in [1.29, 1.82) is 0 Å². The zero-order valence-electron chi connectivity index (χ0n) is 11.1. The first-order valence-electron chi connectivity index (χ1n) is 5.87. The number of amides is 2. The van der Waals surface area contributed by atoms with Crippen molar-refractivity contribution in [2.45, 2.75) is 32.7 Å². The predicted octanol–water partition coefficient (Wildman–Crippen LogP) is 3.35. The van der Waals surface area contributed by atoms with Gasteiger partial charge in [-0.2, -0.15) is 0 Å². The highest BCUT2D eigenvalue weighted by molar-refractivity contribution is 6.31. The fourth-order valence-corrected chi connectivity index (χ4v) is 1.52. The number of nitrogens with one attached hydrogen (secondary N) is 2. The van der Waals surface area contributed by atoms with Crippen molar-refractivity contribution in [3.05, 3.63) is 28.8 Å². The number of anilines is 1. The summed E-state index contributed by atoms with van der Waals surface area (Å²) < 4.78 is 0. The van der Waals surface area contributed by atoms with Crippen LogP contribution in [0.25, 0.3) is 0 Å². The average molecular weight is 285 g/mol. The summed E-state index contributed by atoms with van der Waals surface area (Å²) in [6, 6.07) is 3.83. The van der Waals surface area contributed by atoms with E-state index < -0.39 is 12.0 Å². The van der Waals surface area contributed by atoms with Crippen LogP contribution in [0.5, 0.6) is 0 Å². The van der Waals surface area contributed by atoms with E-state index in [2.05, 4.69) is 10.6 Å². The molecule has 2 amide bonds. The summed E-state index contributed by atoms with van der Waals surface area (Å²) in [5.74, 6) is -1.15. The summed E-state index contributed by atoms with van der Waals surface area (Å²) in [5, 5.41) is 14.6. The highest BCUT2D eigenvalue weighted by Gasteiger charge is 2.19. The molecule has 0 atom stereocenters. The lowest BCUT2D eigenvalue weighted by Gasteiger charge is -2.24. The van der Waals surface area contributed by atoms with Gasteiger partial charge < -0.3 is 15.7 Å². The Morgan fingerprint density at radius 2 is 2.00 bits per heavy atom. The third-order valence-electron chi connectivity index (χ3n) is 2.80. The highest BCUT2D eigenvalue weighted by atomic mass is 35.5. The lowest BCUT2D eigenvalue weighted by Crippen LogP contribution is -2.45. The Bertz CT molecular complexity index is 501. The quantitative estimate of drug-likeness (QED) is 0.793. The zero-order chi connectivity index (χ0) is 14.6. The molecule has 1 aromatic rings. The minimum Gasteiger partial charge on any atom is -0.478 e. The van der Waals surface area contributed by atoms with Crippen LogP contribution >= 0.6 is 11.6 Å². The molecule has 0 saturated carbocycles. The Balaban J connectivity index is 2.88. The average Bonchev–Trinajstić information content (AvgIpc) is 2.30. The fourth-order valence-electron chi connectivity index (χ4n) is 1.35. The lowest BCUT2D eigenvalue weighted by atomic mass is 10.0. The SMILES string of the molecule is CCC(C)(C)NC(=O)Nc1ccc(Cl)cc1C(=O)O. The van der Waals surface area contributed by atoms with Crippen LogP contribution < -0.4 is 10.6 Å². The van der Waals surface area contributed by atoms with Crippen LogP contribution in [0.3, 0.4) is 0 Å². The number of carboxylic acids is 1. The number of hydrogen-bond donors (Lipinski definition) is 3. The van der Waals surface area contributed by atoms with Crippen molar-refractivity contribution in [3.63, 3.8) is 0 Å². The van der Waals surface area contributed by atoms with Gasteiger partial charge in [-0.1, -0.05) is 18.5 Å². The molecule has 0 aliphatic rings. The zero-order valence-corrected chi connectivity index (χ0v) is 11.8. The van der Waals surface area contributed by atoms with E-state index in [9.17, 15) is 9.59 Å². The summed E-state index contributed by atoms with van der Waals surface area (Å²) >= 11 is 5.73. The number of carboxylic acid groups (broad SMARTS) is 1. The molecule has 5 nitrogen and oxygen atoms in total. The Hall–Kier alpha value is -1.75. The smallest absolute Gasteiger partial charge is 0.337 e. The van der Waals surface area contributed by atoms with E-state index >= 15 is 0 Å². The van der Waals surface area contributed by atoms with E-state index in [0.717, 1.165) is 6.42 Å². The number of aromatic carboxylic acids is 1. The largest absolute Gasteiger partial charge is 0.478 e. The van der Waals surface area contributed by atoms with Crippen LogP contribution in [0.4, 0.5) is 10.5 Å². The molecule has 0 aliphatic carbocycles. The Morgan fingerprint density at radius 1 is 1.37 bits per heavy atom. The molecule has 0 radical (unpaired) electrons. The maximum atomic E-state index is 11.8. The van der Waals surface area contributed by atoms with E-state index in [1.165, 1.54) is 18.2 Å². The van der Waals surface area contributed by atoms with Crippen molar-refractivity contribution >= 4 is 29.3 Å². The second-order valence-electron chi connectivity index (χ2n) is 4.81. The van der Waals surface area contributed by atoms with Gasteiger partial charge in [-0.25, -0.2) is 9.59 Å². The molecule has 0 bridgehead atoms. The molecule has 0 aliphatic heterocycles. The number of benzene rings is 1. The molecule has 0 saturated heterocycles. The summed E-state index contributed by atoms with van der Waals surface area (Å²) in [7, 11) is 0. The molecule has 0 unspecified atom stereocenters. The fraction of sp³-hybridized carbons (Fsp3) is 0.385. The van der Waals surface area contributed by atoms with Crippen LogP contribution in [0.2, 0.25) is 5.02 Å². The second kappa shape index (κ2) is 5.93. The monoisotopic (exact) mass is 284 g/mol. The molecule has 1 rings (SSSR count). The molecular formula is C13H17ClN2O3. The molecular weight excluding hydrogens is 268 g/mol. The first-order valence-corrected chi connectivity index (χ1v) is 6.25. The molecule has 0 fully saturated rings. The Morgan fingerprint density at radius 3 is 2.53 bits per heavy atom. The van der Waals surface area contributed by atoms with Crippen molar-refractivity contribution in [2.75, 3.05) is 5.32 Å². The lowest BCUT2D eigenvalue weighted by molar-refractivity contribution is 0.0698. The van der Waals surface area contributed by atoms with Gasteiger partial charge in [-0.15, -0.1) is 0 Å². The van der Waals surface area contributed by atoms with Crippen molar-refractivity contribution in [2.24, 2.45) is 0 Å². The van der Waals surface area contributed by atoms with E-state index in [-0.39, 0.29) is 16.8 Å². The third kappa shape index (κ3) is 4.44.